The fraction of sp³-hybridized carbons (Fsp3) is 0.636. The van der Waals surface area contributed by atoms with Crippen molar-refractivity contribution < 1.29 is 9.59 Å². The summed E-state index contributed by atoms with van der Waals surface area (Å²) < 4.78 is 0. The van der Waals surface area contributed by atoms with Crippen molar-refractivity contribution in [3.63, 3.8) is 0 Å². The van der Waals surface area contributed by atoms with Crippen LogP contribution in [0, 0.1) is 5.41 Å². The molecule has 0 atom stereocenters. The Balaban J connectivity index is 1.45. The highest BCUT2D eigenvalue weighted by Crippen LogP contribution is 2.38. The molecular formula is C22H34N4O2. The fourth-order valence-corrected chi connectivity index (χ4v) is 4.44. The molecule has 4 N–H and O–H groups in total. The van der Waals surface area contributed by atoms with Gasteiger partial charge in [-0.05, 0) is 75.0 Å². The molecule has 2 aliphatic rings. The maximum Gasteiger partial charge on any atom is 0.251 e. The maximum absolute atomic E-state index is 12.5. The smallest absolute Gasteiger partial charge is 0.251 e. The number of hydrogen-bond donors (Lipinski definition) is 3. The Morgan fingerprint density at radius 3 is 2.32 bits per heavy atom. The third-order valence-corrected chi connectivity index (χ3v) is 6.23. The van der Waals surface area contributed by atoms with Crippen LogP contribution in [0.3, 0.4) is 0 Å². The second-order valence-corrected chi connectivity index (χ2v) is 8.37. The van der Waals surface area contributed by atoms with Crippen LogP contribution in [0.25, 0.3) is 0 Å². The summed E-state index contributed by atoms with van der Waals surface area (Å²) in [6.45, 7) is 4.41. The van der Waals surface area contributed by atoms with Crippen LogP contribution < -0.4 is 16.4 Å². The van der Waals surface area contributed by atoms with E-state index in [1.165, 1.54) is 19.3 Å². The van der Waals surface area contributed by atoms with E-state index in [9.17, 15) is 9.59 Å². The van der Waals surface area contributed by atoms with Crippen molar-refractivity contribution >= 4 is 17.5 Å². The summed E-state index contributed by atoms with van der Waals surface area (Å²) in [6.07, 6.45) is 8.62. The Hall–Kier alpha value is -1.92. The first kappa shape index (κ1) is 20.8. The summed E-state index contributed by atoms with van der Waals surface area (Å²) in [5, 5.41) is 5.93. The van der Waals surface area contributed by atoms with Gasteiger partial charge in [0.15, 0.2) is 0 Å². The van der Waals surface area contributed by atoms with Gasteiger partial charge in [-0.2, -0.15) is 0 Å². The summed E-state index contributed by atoms with van der Waals surface area (Å²) in [6, 6.07) is 7.12. The molecule has 2 fully saturated rings. The fourth-order valence-electron chi connectivity index (χ4n) is 4.44. The Morgan fingerprint density at radius 2 is 1.68 bits per heavy atom. The van der Waals surface area contributed by atoms with Crippen LogP contribution in [-0.2, 0) is 4.79 Å². The van der Waals surface area contributed by atoms with Crippen LogP contribution >= 0.6 is 0 Å². The maximum atomic E-state index is 12.5. The second kappa shape index (κ2) is 10.0. The number of carbonyl (C=O) groups is 2. The molecule has 6 heteroatoms. The molecule has 28 heavy (non-hydrogen) atoms. The van der Waals surface area contributed by atoms with Crippen LogP contribution in [0.2, 0.25) is 0 Å². The Morgan fingerprint density at radius 1 is 1.00 bits per heavy atom. The van der Waals surface area contributed by atoms with E-state index in [-0.39, 0.29) is 17.2 Å². The van der Waals surface area contributed by atoms with Gasteiger partial charge in [-0.15, -0.1) is 0 Å². The highest BCUT2D eigenvalue weighted by atomic mass is 16.2. The van der Waals surface area contributed by atoms with E-state index in [0.29, 0.717) is 25.1 Å². The minimum Gasteiger partial charge on any atom is -0.351 e. The van der Waals surface area contributed by atoms with Gasteiger partial charge < -0.3 is 21.3 Å². The molecular weight excluding hydrogens is 352 g/mol. The lowest BCUT2D eigenvalue weighted by molar-refractivity contribution is -0.118. The molecule has 3 rings (SSSR count). The van der Waals surface area contributed by atoms with Gasteiger partial charge in [-0.1, -0.05) is 19.3 Å². The molecule has 0 aromatic heterocycles. The van der Waals surface area contributed by atoms with Crippen LogP contribution in [0.4, 0.5) is 5.69 Å². The minimum atomic E-state index is -0.0682. The number of carbonyl (C=O) groups excluding carboxylic acids is 2. The third kappa shape index (κ3) is 5.79. The Kier molecular flexibility index (Phi) is 7.45. The molecule has 1 saturated heterocycles. The number of rotatable bonds is 8. The molecule has 1 saturated carbocycles. The first-order chi connectivity index (χ1) is 13.6. The molecule has 0 unspecified atom stereocenters. The number of nitrogens with zero attached hydrogens (tertiary/aromatic N) is 1. The van der Waals surface area contributed by atoms with Crippen molar-refractivity contribution in [2.75, 3.05) is 38.0 Å². The van der Waals surface area contributed by atoms with Crippen molar-refractivity contribution in [3.8, 4) is 0 Å². The van der Waals surface area contributed by atoms with Crippen molar-refractivity contribution in [1.82, 2.24) is 10.2 Å². The largest absolute Gasteiger partial charge is 0.351 e. The normalized spacial score (nSPS) is 19.3. The number of amides is 2. The number of nitrogens with two attached hydrogens (primary N) is 1. The number of likely N-dealkylation sites (tertiary alicyclic amines) is 1. The van der Waals surface area contributed by atoms with E-state index in [2.05, 4.69) is 15.5 Å². The third-order valence-electron chi connectivity index (χ3n) is 6.23. The zero-order valence-electron chi connectivity index (χ0n) is 16.8. The van der Waals surface area contributed by atoms with E-state index in [1.54, 1.807) is 24.3 Å². The van der Waals surface area contributed by atoms with Crippen molar-refractivity contribution in [1.29, 1.82) is 0 Å². The summed E-state index contributed by atoms with van der Waals surface area (Å²) >= 11 is 0. The van der Waals surface area contributed by atoms with Gasteiger partial charge in [0, 0.05) is 30.8 Å². The molecule has 1 heterocycles. The van der Waals surface area contributed by atoms with E-state index in [1.807, 2.05) is 0 Å². The zero-order chi connectivity index (χ0) is 19.8. The lowest BCUT2D eigenvalue weighted by atomic mass is 9.71. The van der Waals surface area contributed by atoms with Gasteiger partial charge in [-0.3, -0.25) is 9.59 Å². The summed E-state index contributed by atoms with van der Waals surface area (Å²) in [7, 11) is 0. The van der Waals surface area contributed by atoms with Gasteiger partial charge >= 0.3 is 0 Å². The quantitative estimate of drug-likeness (QED) is 0.641. The minimum absolute atomic E-state index is 0.00941. The van der Waals surface area contributed by atoms with Gasteiger partial charge in [0.2, 0.25) is 5.91 Å². The average Bonchev–Trinajstić information content (AvgIpc) is 3.22. The van der Waals surface area contributed by atoms with Crippen molar-refractivity contribution in [2.24, 2.45) is 11.1 Å². The summed E-state index contributed by atoms with van der Waals surface area (Å²) in [5.74, 6) is -0.0588. The van der Waals surface area contributed by atoms with E-state index < -0.39 is 0 Å². The predicted octanol–water partition coefficient (Wildman–Crippen LogP) is 2.75. The highest BCUT2D eigenvalue weighted by molar-refractivity contribution is 5.95. The monoisotopic (exact) mass is 386 g/mol. The molecule has 1 aromatic carbocycles. The average molecular weight is 387 g/mol. The lowest BCUT2D eigenvalue weighted by Crippen LogP contribution is -2.36. The van der Waals surface area contributed by atoms with Crippen LogP contribution in [0.1, 0.15) is 61.7 Å². The molecule has 0 radical (unpaired) electrons. The SMILES string of the molecule is NCC1(CC(=O)Nc2ccc(C(=O)NCCN3CCCC3)cc2)CCCCC1. The Bertz CT molecular complexity index is 647. The van der Waals surface area contributed by atoms with Gasteiger partial charge in [0.1, 0.15) is 0 Å². The molecule has 0 bridgehead atoms. The van der Waals surface area contributed by atoms with E-state index in [0.717, 1.165) is 51.0 Å². The number of benzene rings is 1. The zero-order valence-corrected chi connectivity index (χ0v) is 16.8. The van der Waals surface area contributed by atoms with Gasteiger partial charge in [0.05, 0.1) is 0 Å². The topological polar surface area (TPSA) is 87.5 Å². The summed E-state index contributed by atoms with van der Waals surface area (Å²) in [5.41, 5.74) is 7.28. The second-order valence-electron chi connectivity index (χ2n) is 8.37. The molecule has 1 aromatic rings. The molecule has 2 amide bonds. The first-order valence-electron chi connectivity index (χ1n) is 10.7. The van der Waals surface area contributed by atoms with Gasteiger partial charge in [0.25, 0.3) is 5.91 Å². The van der Waals surface area contributed by atoms with Crippen LogP contribution in [0.15, 0.2) is 24.3 Å². The van der Waals surface area contributed by atoms with Crippen molar-refractivity contribution in [2.45, 2.75) is 51.4 Å². The predicted molar refractivity (Wildman–Crippen MR) is 112 cm³/mol. The number of nitrogens with one attached hydrogen (secondary N) is 2. The highest BCUT2D eigenvalue weighted by Gasteiger charge is 2.32. The molecule has 0 spiro atoms. The van der Waals surface area contributed by atoms with E-state index in [4.69, 9.17) is 5.73 Å². The molecule has 1 aliphatic carbocycles. The Labute approximate surface area is 168 Å². The van der Waals surface area contributed by atoms with E-state index >= 15 is 0 Å². The van der Waals surface area contributed by atoms with Crippen LogP contribution in [-0.4, -0.2) is 49.4 Å². The van der Waals surface area contributed by atoms with Crippen LogP contribution in [0.5, 0.6) is 0 Å². The summed E-state index contributed by atoms with van der Waals surface area (Å²) in [4.78, 5) is 27.1. The molecule has 154 valence electrons. The molecule has 1 aliphatic heterocycles. The standard InChI is InChI=1S/C22H34N4O2/c23-17-22(10-2-1-3-11-22)16-20(27)25-19-8-6-18(7-9-19)21(28)24-12-15-26-13-4-5-14-26/h6-9H,1-5,10-17,23H2,(H,24,28)(H,25,27). The lowest BCUT2D eigenvalue weighted by Gasteiger charge is -2.35. The number of hydrogen-bond acceptors (Lipinski definition) is 4. The number of anilines is 1. The molecule has 6 nitrogen and oxygen atoms in total. The van der Waals surface area contributed by atoms with Crippen molar-refractivity contribution in [3.05, 3.63) is 29.8 Å². The van der Waals surface area contributed by atoms with Gasteiger partial charge in [-0.25, -0.2) is 0 Å². The first-order valence-corrected chi connectivity index (χ1v) is 10.7.